The second kappa shape index (κ2) is 5.50. The highest BCUT2D eigenvalue weighted by Crippen LogP contribution is 2.40. The molecule has 1 aromatic heterocycles. The summed E-state index contributed by atoms with van der Waals surface area (Å²) in [5.74, 6) is 0.547. The highest BCUT2D eigenvalue weighted by Gasteiger charge is 2.36. The Kier molecular flexibility index (Phi) is 3.84. The molecular formula is C16H22ClN3O. The SMILES string of the molecule is CCC1(CC)CC(n2c(N)nc3cccc(Cl)c32)CCO1. The van der Waals surface area contributed by atoms with Crippen molar-refractivity contribution in [2.24, 2.45) is 0 Å². The van der Waals surface area contributed by atoms with E-state index in [1.165, 1.54) is 0 Å². The summed E-state index contributed by atoms with van der Waals surface area (Å²) in [4.78, 5) is 4.46. The van der Waals surface area contributed by atoms with Crippen molar-refractivity contribution in [1.82, 2.24) is 9.55 Å². The number of nitrogens with zero attached hydrogens (tertiary/aromatic N) is 2. The van der Waals surface area contributed by atoms with Gasteiger partial charge in [-0.15, -0.1) is 0 Å². The lowest BCUT2D eigenvalue weighted by Crippen LogP contribution is -2.39. The third kappa shape index (κ3) is 2.40. The number of rotatable bonds is 3. The second-order valence-corrected chi connectivity index (χ2v) is 6.24. The zero-order valence-corrected chi connectivity index (χ0v) is 13.4. The molecule has 1 atom stereocenters. The number of para-hydroxylation sites is 1. The van der Waals surface area contributed by atoms with Gasteiger partial charge in [-0.2, -0.15) is 0 Å². The standard InChI is InChI=1S/C16H22ClN3O/c1-3-16(4-2)10-11(8-9-21-16)20-14-12(17)6-5-7-13(14)19-15(20)18/h5-7,11H,3-4,8-10H2,1-2H3,(H2,18,19). The number of benzene rings is 1. The van der Waals surface area contributed by atoms with Crippen molar-refractivity contribution < 1.29 is 4.74 Å². The minimum atomic E-state index is -0.0484. The van der Waals surface area contributed by atoms with Gasteiger partial charge < -0.3 is 15.0 Å². The Morgan fingerprint density at radius 1 is 1.43 bits per heavy atom. The Bertz CT molecular complexity index is 648. The summed E-state index contributed by atoms with van der Waals surface area (Å²) in [5, 5.41) is 0.710. The zero-order valence-electron chi connectivity index (χ0n) is 12.6. The van der Waals surface area contributed by atoms with Crippen molar-refractivity contribution in [3.8, 4) is 0 Å². The molecule has 1 aliphatic heterocycles. The van der Waals surface area contributed by atoms with E-state index in [0.29, 0.717) is 17.0 Å². The molecule has 0 spiro atoms. The molecule has 114 valence electrons. The summed E-state index contributed by atoms with van der Waals surface area (Å²) in [5.41, 5.74) is 7.94. The maximum absolute atomic E-state index is 6.39. The van der Waals surface area contributed by atoms with Crippen LogP contribution in [0.4, 0.5) is 5.95 Å². The van der Waals surface area contributed by atoms with Crippen LogP contribution in [0.2, 0.25) is 5.02 Å². The van der Waals surface area contributed by atoms with Gasteiger partial charge in [0.25, 0.3) is 0 Å². The molecule has 0 bridgehead atoms. The van der Waals surface area contributed by atoms with E-state index in [-0.39, 0.29) is 5.60 Å². The second-order valence-electron chi connectivity index (χ2n) is 5.83. The molecular weight excluding hydrogens is 286 g/mol. The predicted molar refractivity (Wildman–Crippen MR) is 86.7 cm³/mol. The van der Waals surface area contributed by atoms with Crippen LogP contribution < -0.4 is 5.73 Å². The van der Waals surface area contributed by atoms with Crippen LogP contribution >= 0.6 is 11.6 Å². The maximum Gasteiger partial charge on any atom is 0.201 e. The van der Waals surface area contributed by atoms with E-state index in [4.69, 9.17) is 22.1 Å². The first-order valence-corrected chi connectivity index (χ1v) is 8.04. The first kappa shape index (κ1) is 14.7. The summed E-state index contributed by atoms with van der Waals surface area (Å²) in [7, 11) is 0. The molecule has 0 radical (unpaired) electrons. The van der Waals surface area contributed by atoms with Crippen LogP contribution in [-0.4, -0.2) is 21.8 Å². The molecule has 1 unspecified atom stereocenters. The number of nitrogens with two attached hydrogens (primary N) is 1. The number of hydrogen-bond acceptors (Lipinski definition) is 3. The highest BCUT2D eigenvalue weighted by molar-refractivity contribution is 6.35. The number of halogens is 1. The van der Waals surface area contributed by atoms with Crippen LogP contribution in [0, 0.1) is 0 Å². The van der Waals surface area contributed by atoms with Crippen LogP contribution in [0.1, 0.15) is 45.6 Å². The molecule has 1 fully saturated rings. The fourth-order valence-corrected chi connectivity index (χ4v) is 3.72. The predicted octanol–water partition coefficient (Wildman–Crippen LogP) is 4.18. The molecule has 0 saturated carbocycles. The molecule has 1 aromatic carbocycles. The van der Waals surface area contributed by atoms with Gasteiger partial charge >= 0.3 is 0 Å². The molecule has 21 heavy (non-hydrogen) atoms. The Morgan fingerprint density at radius 2 is 2.19 bits per heavy atom. The average Bonchev–Trinajstić information content (AvgIpc) is 2.84. The molecule has 3 rings (SSSR count). The van der Waals surface area contributed by atoms with E-state index < -0.39 is 0 Å². The van der Waals surface area contributed by atoms with E-state index in [2.05, 4.69) is 23.4 Å². The van der Waals surface area contributed by atoms with E-state index in [1.807, 2.05) is 18.2 Å². The Morgan fingerprint density at radius 3 is 2.90 bits per heavy atom. The number of imidazole rings is 1. The number of hydrogen-bond donors (Lipinski definition) is 1. The number of ether oxygens (including phenoxy) is 1. The summed E-state index contributed by atoms with van der Waals surface area (Å²) in [6.45, 7) is 5.14. The van der Waals surface area contributed by atoms with Gasteiger partial charge in [-0.25, -0.2) is 4.98 Å². The lowest BCUT2D eigenvalue weighted by Gasteiger charge is -2.40. The normalized spacial score (nSPS) is 21.8. The van der Waals surface area contributed by atoms with Gasteiger partial charge in [0.15, 0.2) is 0 Å². The Hall–Kier alpha value is -1.26. The monoisotopic (exact) mass is 307 g/mol. The molecule has 1 aliphatic rings. The topological polar surface area (TPSA) is 53.1 Å². The van der Waals surface area contributed by atoms with Crippen molar-refractivity contribution >= 4 is 28.6 Å². The summed E-state index contributed by atoms with van der Waals surface area (Å²) >= 11 is 6.39. The molecule has 4 nitrogen and oxygen atoms in total. The zero-order chi connectivity index (χ0) is 15.0. The van der Waals surface area contributed by atoms with Crippen LogP contribution in [0.5, 0.6) is 0 Å². The minimum Gasteiger partial charge on any atom is -0.375 e. The maximum atomic E-state index is 6.39. The molecule has 0 amide bonds. The van der Waals surface area contributed by atoms with Gasteiger partial charge in [-0.05, 0) is 37.8 Å². The fourth-order valence-electron chi connectivity index (χ4n) is 3.46. The minimum absolute atomic E-state index is 0.0484. The van der Waals surface area contributed by atoms with Crippen LogP contribution in [-0.2, 0) is 4.74 Å². The molecule has 5 heteroatoms. The first-order valence-electron chi connectivity index (χ1n) is 7.66. The molecule has 0 aliphatic carbocycles. The molecule has 1 saturated heterocycles. The average molecular weight is 308 g/mol. The Labute approximate surface area is 130 Å². The van der Waals surface area contributed by atoms with E-state index >= 15 is 0 Å². The molecule has 2 N–H and O–H groups in total. The van der Waals surface area contributed by atoms with Gasteiger partial charge in [-0.3, -0.25) is 0 Å². The van der Waals surface area contributed by atoms with Gasteiger partial charge in [-0.1, -0.05) is 31.5 Å². The summed E-state index contributed by atoms with van der Waals surface area (Å²) in [6, 6.07) is 6.06. The lowest BCUT2D eigenvalue weighted by molar-refractivity contribution is -0.0979. The highest BCUT2D eigenvalue weighted by atomic mass is 35.5. The van der Waals surface area contributed by atoms with E-state index in [0.717, 1.165) is 43.3 Å². The van der Waals surface area contributed by atoms with Crippen molar-refractivity contribution in [3.63, 3.8) is 0 Å². The quantitative estimate of drug-likeness (QED) is 0.925. The lowest BCUT2D eigenvalue weighted by atomic mass is 9.85. The largest absolute Gasteiger partial charge is 0.375 e. The molecule has 2 aromatic rings. The third-order valence-electron chi connectivity index (χ3n) is 4.81. The van der Waals surface area contributed by atoms with Crippen molar-refractivity contribution in [2.45, 2.75) is 51.2 Å². The van der Waals surface area contributed by atoms with Crippen molar-refractivity contribution in [1.29, 1.82) is 0 Å². The first-order chi connectivity index (χ1) is 10.1. The molecule has 2 heterocycles. The smallest absolute Gasteiger partial charge is 0.201 e. The van der Waals surface area contributed by atoms with Crippen LogP contribution in [0.15, 0.2) is 18.2 Å². The van der Waals surface area contributed by atoms with Crippen LogP contribution in [0.3, 0.4) is 0 Å². The number of nitrogen functional groups attached to an aromatic ring is 1. The van der Waals surface area contributed by atoms with E-state index in [9.17, 15) is 0 Å². The van der Waals surface area contributed by atoms with E-state index in [1.54, 1.807) is 0 Å². The van der Waals surface area contributed by atoms with Crippen molar-refractivity contribution in [3.05, 3.63) is 23.2 Å². The van der Waals surface area contributed by atoms with Gasteiger partial charge in [0.05, 0.1) is 21.7 Å². The van der Waals surface area contributed by atoms with Gasteiger partial charge in [0.2, 0.25) is 5.95 Å². The van der Waals surface area contributed by atoms with Crippen LogP contribution in [0.25, 0.3) is 11.0 Å². The van der Waals surface area contributed by atoms with Crippen molar-refractivity contribution in [2.75, 3.05) is 12.3 Å². The number of aromatic nitrogens is 2. The number of fused-ring (bicyclic) bond motifs is 1. The van der Waals surface area contributed by atoms with Gasteiger partial charge in [0.1, 0.15) is 0 Å². The van der Waals surface area contributed by atoms with Gasteiger partial charge in [0, 0.05) is 12.6 Å². The Balaban J connectivity index is 2.06. The summed E-state index contributed by atoms with van der Waals surface area (Å²) in [6.07, 6.45) is 3.93. The number of anilines is 1. The third-order valence-corrected chi connectivity index (χ3v) is 5.11. The summed E-state index contributed by atoms with van der Waals surface area (Å²) < 4.78 is 8.18. The fraction of sp³-hybridized carbons (Fsp3) is 0.562.